The van der Waals surface area contributed by atoms with Crippen LogP contribution in [-0.4, -0.2) is 36.3 Å². The molecule has 0 aliphatic heterocycles. The number of carbonyl (C=O) groups is 1. The summed E-state index contributed by atoms with van der Waals surface area (Å²) >= 11 is 0. The van der Waals surface area contributed by atoms with Crippen LogP contribution in [-0.2, 0) is 4.79 Å². The van der Waals surface area contributed by atoms with E-state index >= 15 is 0 Å². The molecule has 1 rings (SSSR count). The fraction of sp³-hybridized carbons (Fsp3) is 0.462. The zero-order chi connectivity index (χ0) is 13.7. The Bertz CT molecular complexity index is 419. The summed E-state index contributed by atoms with van der Waals surface area (Å²) in [5, 5.41) is 21.8. The molecule has 0 saturated carbocycles. The molecule has 0 heterocycles. The Morgan fingerprint density at radius 3 is 2.61 bits per heavy atom. The predicted molar refractivity (Wildman–Crippen MR) is 70.7 cm³/mol. The van der Waals surface area contributed by atoms with Crippen LogP contribution in [0.25, 0.3) is 0 Å². The van der Waals surface area contributed by atoms with Crippen molar-refractivity contribution in [1.82, 2.24) is 5.32 Å². The number of benzene rings is 1. The van der Waals surface area contributed by atoms with Gasteiger partial charge in [-0.25, -0.2) is 0 Å². The normalized spacial score (nSPS) is 12.0. The number of phenolic OH excluding ortho intramolecular Hbond substituents is 1. The third-order valence-corrected chi connectivity index (χ3v) is 2.82. The van der Waals surface area contributed by atoms with Crippen LogP contribution in [0.2, 0.25) is 0 Å². The van der Waals surface area contributed by atoms with E-state index in [1.807, 2.05) is 11.8 Å². The maximum atomic E-state index is 11.4. The summed E-state index contributed by atoms with van der Waals surface area (Å²) in [6.45, 7) is 4.42. The van der Waals surface area contributed by atoms with E-state index in [0.717, 1.165) is 5.69 Å². The van der Waals surface area contributed by atoms with Crippen LogP contribution in [0.1, 0.15) is 25.5 Å². The predicted octanol–water partition coefficient (Wildman–Crippen LogP) is 1.02. The molecule has 100 valence electrons. The summed E-state index contributed by atoms with van der Waals surface area (Å²) in [6, 6.07) is 5.02. The maximum absolute atomic E-state index is 11.4. The van der Waals surface area contributed by atoms with Gasteiger partial charge in [0.1, 0.15) is 5.75 Å². The van der Waals surface area contributed by atoms with E-state index in [1.54, 1.807) is 32.2 Å². The van der Waals surface area contributed by atoms with Gasteiger partial charge in [-0.15, -0.1) is 0 Å². The number of hydrogen-bond acceptors (Lipinski definition) is 4. The second kappa shape index (κ2) is 6.26. The maximum Gasteiger partial charge on any atom is 0.239 e. The van der Waals surface area contributed by atoms with Crippen LogP contribution in [0.4, 0.5) is 5.69 Å². The number of nitrogens with zero attached hydrogens (tertiary/aromatic N) is 1. The van der Waals surface area contributed by atoms with E-state index in [9.17, 15) is 15.0 Å². The molecule has 5 heteroatoms. The lowest BCUT2D eigenvalue weighted by atomic mass is 10.1. The molecule has 0 radical (unpaired) electrons. The van der Waals surface area contributed by atoms with Crippen molar-refractivity contribution >= 4 is 11.6 Å². The molecule has 1 atom stereocenters. The zero-order valence-corrected chi connectivity index (χ0v) is 11.0. The smallest absolute Gasteiger partial charge is 0.239 e. The fourth-order valence-electron chi connectivity index (χ4n) is 1.72. The van der Waals surface area contributed by atoms with Gasteiger partial charge in [0.05, 0.1) is 12.6 Å². The molecule has 3 N–H and O–H groups in total. The Morgan fingerprint density at radius 1 is 1.50 bits per heavy atom. The Labute approximate surface area is 107 Å². The standard InChI is InChI=1S/C13H20N2O3/c1-4-15(8-13(18)14-3)10-5-6-11(9(2)16)12(17)7-10/h5-7,9,16-17H,4,8H2,1-3H3,(H,14,18). The van der Waals surface area contributed by atoms with Crippen molar-refractivity contribution in [3.8, 4) is 5.75 Å². The number of aromatic hydroxyl groups is 1. The first-order chi connectivity index (χ1) is 8.49. The molecule has 1 aromatic rings. The van der Waals surface area contributed by atoms with E-state index in [2.05, 4.69) is 5.32 Å². The number of carbonyl (C=O) groups excluding carboxylic acids is 1. The Morgan fingerprint density at radius 2 is 2.17 bits per heavy atom. The molecule has 5 nitrogen and oxygen atoms in total. The summed E-state index contributed by atoms with van der Waals surface area (Å²) < 4.78 is 0. The van der Waals surface area contributed by atoms with Gasteiger partial charge in [0.2, 0.25) is 5.91 Å². The third-order valence-electron chi connectivity index (χ3n) is 2.82. The van der Waals surface area contributed by atoms with Crippen LogP contribution in [0.5, 0.6) is 5.75 Å². The molecule has 0 spiro atoms. The van der Waals surface area contributed by atoms with Crippen molar-refractivity contribution in [3.63, 3.8) is 0 Å². The number of hydrogen-bond donors (Lipinski definition) is 3. The highest BCUT2D eigenvalue weighted by atomic mass is 16.3. The lowest BCUT2D eigenvalue weighted by Crippen LogP contribution is -2.35. The number of amides is 1. The zero-order valence-electron chi connectivity index (χ0n) is 11.0. The number of aliphatic hydroxyl groups is 1. The molecular formula is C13H20N2O3. The molecule has 0 aromatic heterocycles. The van der Waals surface area contributed by atoms with Gasteiger partial charge in [-0.2, -0.15) is 0 Å². The highest BCUT2D eigenvalue weighted by Gasteiger charge is 2.12. The molecule has 1 unspecified atom stereocenters. The highest BCUT2D eigenvalue weighted by Crippen LogP contribution is 2.28. The third kappa shape index (κ3) is 3.37. The number of aliphatic hydroxyl groups excluding tert-OH is 1. The summed E-state index contributed by atoms with van der Waals surface area (Å²) in [6.07, 6.45) is -0.715. The first-order valence-electron chi connectivity index (χ1n) is 5.96. The van der Waals surface area contributed by atoms with Gasteiger partial charge >= 0.3 is 0 Å². The summed E-state index contributed by atoms with van der Waals surface area (Å²) in [7, 11) is 1.59. The minimum atomic E-state index is -0.715. The van der Waals surface area contributed by atoms with E-state index in [0.29, 0.717) is 12.1 Å². The average Bonchev–Trinajstić information content (AvgIpc) is 2.34. The van der Waals surface area contributed by atoms with Crippen molar-refractivity contribution in [2.75, 3.05) is 25.0 Å². The summed E-state index contributed by atoms with van der Waals surface area (Å²) in [5.74, 6) is -0.0474. The van der Waals surface area contributed by atoms with Crippen molar-refractivity contribution < 1.29 is 15.0 Å². The Kier molecular flexibility index (Phi) is 4.97. The average molecular weight is 252 g/mol. The van der Waals surface area contributed by atoms with Gasteiger partial charge in [-0.1, -0.05) is 6.07 Å². The molecule has 0 aliphatic carbocycles. The Balaban J connectivity index is 2.94. The first-order valence-corrected chi connectivity index (χ1v) is 5.96. The van der Waals surface area contributed by atoms with Crippen molar-refractivity contribution in [2.45, 2.75) is 20.0 Å². The lowest BCUT2D eigenvalue weighted by molar-refractivity contribution is -0.119. The van der Waals surface area contributed by atoms with Gasteiger partial charge < -0.3 is 20.4 Å². The van der Waals surface area contributed by atoms with Gasteiger partial charge in [0.15, 0.2) is 0 Å². The monoisotopic (exact) mass is 252 g/mol. The minimum absolute atomic E-state index is 0.0397. The van der Waals surface area contributed by atoms with E-state index in [-0.39, 0.29) is 18.2 Å². The number of rotatable bonds is 5. The SMILES string of the molecule is CCN(CC(=O)NC)c1ccc(C(C)O)c(O)c1. The van der Waals surface area contributed by atoms with E-state index in [4.69, 9.17) is 0 Å². The van der Waals surface area contributed by atoms with Crippen LogP contribution in [0, 0.1) is 0 Å². The second-order valence-corrected chi connectivity index (χ2v) is 4.11. The van der Waals surface area contributed by atoms with Crippen molar-refractivity contribution in [2.24, 2.45) is 0 Å². The van der Waals surface area contributed by atoms with Crippen LogP contribution < -0.4 is 10.2 Å². The van der Waals surface area contributed by atoms with Crippen molar-refractivity contribution in [3.05, 3.63) is 23.8 Å². The molecule has 1 amide bonds. The fourth-order valence-corrected chi connectivity index (χ4v) is 1.72. The number of likely N-dealkylation sites (N-methyl/N-ethyl adjacent to an activating group) is 2. The van der Waals surface area contributed by atoms with Gasteiger partial charge in [-0.05, 0) is 19.9 Å². The van der Waals surface area contributed by atoms with Gasteiger partial charge in [0.25, 0.3) is 0 Å². The minimum Gasteiger partial charge on any atom is -0.507 e. The molecule has 0 aliphatic rings. The van der Waals surface area contributed by atoms with Gasteiger partial charge in [0, 0.05) is 30.9 Å². The van der Waals surface area contributed by atoms with Crippen LogP contribution in [0.3, 0.4) is 0 Å². The molecule has 1 aromatic carbocycles. The van der Waals surface area contributed by atoms with E-state index < -0.39 is 6.10 Å². The number of phenols is 1. The summed E-state index contributed by atoms with van der Waals surface area (Å²) in [4.78, 5) is 13.2. The number of nitrogens with one attached hydrogen (secondary N) is 1. The van der Waals surface area contributed by atoms with Crippen molar-refractivity contribution in [1.29, 1.82) is 0 Å². The summed E-state index contributed by atoms with van der Waals surface area (Å²) in [5.41, 5.74) is 1.23. The number of anilines is 1. The Hall–Kier alpha value is -1.75. The second-order valence-electron chi connectivity index (χ2n) is 4.11. The largest absolute Gasteiger partial charge is 0.507 e. The lowest BCUT2D eigenvalue weighted by Gasteiger charge is -2.23. The van der Waals surface area contributed by atoms with Crippen LogP contribution >= 0.6 is 0 Å². The quantitative estimate of drug-likeness (QED) is 0.731. The molecule has 0 saturated heterocycles. The molecule has 18 heavy (non-hydrogen) atoms. The van der Waals surface area contributed by atoms with E-state index in [1.165, 1.54) is 0 Å². The van der Waals surface area contributed by atoms with Crippen LogP contribution in [0.15, 0.2) is 18.2 Å². The molecule has 0 bridgehead atoms. The molecular weight excluding hydrogens is 232 g/mol. The highest BCUT2D eigenvalue weighted by molar-refractivity contribution is 5.81. The molecule has 0 fully saturated rings. The van der Waals surface area contributed by atoms with Gasteiger partial charge in [-0.3, -0.25) is 4.79 Å². The topological polar surface area (TPSA) is 72.8 Å². The first kappa shape index (κ1) is 14.3.